The van der Waals surface area contributed by atoms with Crippen molar-refractivity contribution in [2.75, 3.05) is 0 Å². The van der Waals surface area contributed by atoms with E-state index in [0.717, 1.165) is 0 Å². The van der Waals surface area contributed by atoms with Crippen LogP contribution in [0.1, 0.15) is 0 Å². The molecule has 0 N–H and O–H groups in total. The van der Waals surface area contributed by atoms with Crippen LogP contribution in [-0.2, 0) is 14.2 Å². The predicted molar refractivity (Wildman–Crippen MR) is 25.8 cm³/mol. The summed E-state index contributed by atoms with van der Waals surface area (Å²) in [6, 6.07) is 4.76. The van der Waals surface area contributed by atoms with Gasteiger partial charge >= 0.3 is 10.3 Å². The molecule has 0 bridgehead atoms. The van der Waals surface area contributed by atoms with Crippen molar-refractivity contribution in [2.24, 2.45) is 0 Å². The van der Waals surface area contributed by atoms with Crippen LogP contribution in [-0.4, -0.2) is 13.4 Å². The fourth-order valence-electron chi connectivity index (χ4n) is 0.0378. The maximum absolute atomic E-state index is 9.63. The van der Waals surface area contributed by atoms with E-state index in [9.17, 15) is 4.21 Å². The van der Waals surface area contributed by atoms with Gasteiger partial charge in [0.05, 0.1) is 0 Å². The molecule has 0 aromatic carbocycles. The van der Waals surface area contributed by atoms with Crippen molar-refractivity contribution in [1.82, 2.24) is 0 Å². The van der Waals surface area contributed by atoms with Gasteiger partial charge in [0.25, 0.3) is 9.20 Å². The van der Waals surface area contributed by atoms with Gasteiger partial charge in [-0.25, -0.2) is 0 Å². The molecule has 0 fully saturated rings. The molecule has 0 amide bonds. The molecule has 5 heteroatoms. The highest BCUT2D eigenvalue weighted by atomic mass is 35.7. The van der Waals surface area contributed by atoms with Gasteiger partial charge < -0.3 is 3.87 Å². The summed E-state index contributed by atoms with van der Waals surface area (Å²) in [6.45, 7) is 0. The van der Waals surface area contributed by atoms with E-state index < -0.39 is 10.3 Å². The van der Waals surface area contributed by atoms with Gasteiger partial charge in [-0.15, -0.1) is 6.00 Å². The largest absolute Gasteiger partial charge is 0.401 e. The van der Waals surface area contributed by atoms with Crippen LogP contribution < -0.4 is 0 Å². The molecule has 6 heavy (non-hydrogen) atoms. The van der Waals surface area contributed by atoms with Crippen LogP contribution in [0.25, 0.3) is 0 Å². The van der Waals surface area contributed by atoms with Crippen LogP contribution in [0.15, 0.2) is 0 Å². The second-order valence-electron chi connectivity index (χ2n) is 0.395. The molecule has 0 aliphatic carbocycles. The molecular weight excluding hydrogens is 140 g/mol. The van der Waals surface area contributed by atoms with Crippen molar-refractivity contribution in [3.8, 4) is 6.00 Å². The van der Waals surface area contributed by atoms with Crippen LogP contribution >= 0.6 is 10.7 Å². The van der Waals surface area contributed by atoms with E-state index in [0.29, 0.717) is 0 Å². The first-order chi connectivity index (χ1) is 2.77. The summed E-state index contributed by atoms with van der Waals surface area (Å²) in [5, 5.41) is 0. The monoisotopic (exact) mass is 140 g/mol. The Bertz CT molecular complexity index is 96.2. The summed E-state index contributed by atoms with van der Waals surface area (Å²) in [7, 11) is 2.75. The summed E-state index contributed by atoms with van der Waals surface area (Å²) in [4.78, 5) is 0. The van der Waals surface area contributed by atoms with Crippen molar-refractivity contribution in [3.63, 3.8) is 0 Å². The maximum atomic E-state index is 9.63. The average molecular weight is 141 g/mol. The Labute approximate surface area is 44.8 Å². The third-order valence-corrected chi connectivity index (χ3v) is 1.59. The fourth-order valence-corrected chi connectivity index (χ4v) is 0.668. The molecule has 0 aliphatic heterocycles. The van der Waals surface area contributed by atoms with Gasteiger partial charge in [0, 0.05) is 10.7 Å². The molecule has 0 aliphatic rings. The second kappa shape index (κ2) is 3.43. The van der Waals surface area contributed by atoms with E-state index in [1.54, 1.807) is 0 Å². The Kier molecular flexibility index (Phi) is 3.56. The first-order valence-corrected chi connectivity index (χ1v) is 3.87. The van der Waals surface area contributed by atoms with E-state index in [-0.39, 0.29) is 9.20 Å². The van der Waals surface area contributed by atoms with Crippen molar-refractivity contribution in [3.05, 3.63) is 0 Å². The van der Waals surface area contributed by atoms with Crippen LogP contribution in [0.4, 0.5) is 0 Å². The first-order valence-electron chi connectivity index (χ1n) is 0.980. The van der Waals surface area contributed by atoms with Gasteiger partial charge in [-0.3, -0.25) is 0 Å². The van der Waals surface area contributed by atoms with Gasteiger partial charge in [-0.05, 0) is 0 Å². The molecule has 0 aromatic heterocycles. The van der Waals surface area contributed by atoms with Crippen molar-refractivity contribution in [2.45, 2.75) is 0 Å². The van der Waals surface area contributed by atoms with Gasteiger partial charge in [-0.1, -0.05) is 0 Å². The van der Waals surface area contributed by atoms with E-state index in [4.69, 9.17) is 16.7 Å². The SMILES string of the molecule is C#[Si]OS(=O)Cl. The van der Waals surface area contributed by atoms with Gasteiger partial charge in [-0.2, -0.15) is 4.21 Å². The zero-order valence-electron chi connectivity index (χ0n) is 2.68. The molecule has 0 saturated carbocycles. The van der Waals surface area contributed by atoms with Crippen LogP contribution in [0.5, 0.6) is 0 Å². The summed E-state index contributed by atoms with van der Waals surface area (Å²) < 4.78 is 13.7. The van der Waals surface area contributed by atoms with Gasteiger partial charge in [0.1, 0.15) is 0 Å². The van der Waals surface area contributed by atoms with Gasteiger partial charge in [0.15, 0.2) is 0 Å². The lowest BCUT2D eigenvalue weighted by Gasteiger charge is -1.77. The molecule has 0 spiro atoms. The lowest BCUT2D eigenvalue weighted by Crippen LogP contribution is -1.81. The number of hydrogen-bond donors (Lipinski definition) is 0. The van der Waals surface area contributed by atoms with Crippen LogP contribution in [0, 0.1) is 6.00 Å². The minimum Gasteiger partial charge on any atom is -0.401 e. The lowest BCUT2D eigenvalue weighted by molar-refractivity contribution is 0.610. The molecule has 1 atom stereocenters. The molecule has 34 valence electrons. The van der Waals surface area contributed by atoms with E-state index in [1.165, 1.54) is 0 Å². The number of hydrogen-bond acceptors (Lipinski definition) is 2. The highest BCUT2D eigenvalue weighted by Crippen LogP contribution is 1.83. The molecule has 1 unspecified atom stereocenters. The minimum atomic E-state index is -1.71. The fraction of sp³-hybridized carbons (Fsp3) is 0. The highest BCUT2D eigenvalue weighted by Gasteiger charge is 1.80. The van der Waals surface area contributed by atoms with Crippen molar-refractivity contribution < 1.29 is 8.08 Å². The zero-order valence-corrected chi connectivity index (χ0v) is 5.25. The molecule has 0 radical (unpaired) electrons. The van der Waals surface area contributed by atoms with Gasteiger partial charge in [0.2, 0.25) is 0 Å². The molecular formula is CHClO2SSi. The molecule has 0 saturated heterocycles. The Hall–Kier alpha value is 0.237. The Morgan fingerprint density at radius 1 is 2.00 bits per heavy atom. The summed E-state index contributed by atoms with van der Waals surface area (Å²) in [5.74, 6) is 0. The molecule has 0 heterocycles. The number of rotatable bonds is 1. The van der Waals surface area contributed by atoms with Crippen molar-refractivity contribution >= 4 is 30.2 Å². The van der Waals surface area contributed by atoms with Crippen molar-refractivity contribution in [1.29, 1.82) is 0 Å². The average Bonchev–Trinajstić information content (AvgIpc) is 1.35. The molecule has 0 aromatic rings. The molecule has 2 nitrogen and oxygen atoms in total. The smallest absolute Gasteiger partial charge is 0.304 e. The summed E-state index contributed by atoms with van der Waals surface area (Å²) in [6.07, 6.45) is 0. The van der Waals surface area contributed by atoms with E-state index in [1.807, 2.05) is 0 Å². The Morgan fingerprint density at radius 3 is 2.50 bits per heavy atom. The summed E-state index contributed by atoms with van der Waals surface area (Å²) >= 11 is 0. The third kappa shape index (κ3) is 4.24. The Balaban J connectivity index is 3.13. The predicted octanol–water partition coefficient (Wildman–Crippen LogP) is 0.0287. The molecule has 0 rings (SSSR count). The lowest BCUT2D eigenvalue weighted by atomic mass is 12.0. The quantitative estimate of drug-likeness (QED) is 0.380. The van der Waals surface area contributed by atoms with E-state index in [2.05, 4.69) is 3.87 Å². The van der Waals surface area contributed by atoms with E-state index >= 15 is 0 Å². The van der Waals surface area contributed by atoms with Crippen LogP contribution in [0.2, 0.25) is 0 Å². The minimum absolute atomic E-state index is 0.294. The highest BCUT2D eigenvalue weighted by molar-refractivity contribution is 8.04. The first kappa shape index (κ1) is 6.24. The normalized spacial score (nSPS) is 12.0. The Morgan fingerprint density at radius 2 is 2.50 bits per heavy atom. The maximum Gasteiger partial charge on any atom is 0.304 e. The number of halogens is 1. The topological polar surface area (TPSA) is 26.3 Å². The third-order valence-electron chi connectivity index (χ3n) is 0.114. The second-order valence-corrected chi connectivity index (χ2v) is 2.44. The van der Waals surface area contributed by atoms with Crippen LogP contribution in [0.3, 0.4) is 0 Å². The standard InChI is InChI=1S/CHClO2SSi/c1-6-4-5(2)3/h1H. The summed E-state index contributed by atoms with van der Waals surface area (Å²) in [5.41, 5.74) is 0. The zero-order chi connectivity index (χ0) is 4.99.